The van der Waals surface area contributed by atoms with Crippen LogP contribution in [-0.2, 0) is 6.42 Å². The van der Waals surface area contributed by atoms with E-state index in [1.165, 1.54) is 18.6 Å². The first-order valence-corrected chi connectivity index (χ1v) is 6.60. The largest absolute Gasteiger partial charge is 0.508 e. The van der Waals surface area contributed by atoms with Crippen LogP contribution in [0.5, 0.6) is 11.5 Å². The van der Waals surface area contributed by atoms with E-state index >= 15 is 0 Å². The third kappa shape index (κ3) is 3.08. The molecule has 1 aromatic heterocycles. The molecule has 0 aliphatic carbocycles. The average molecular weight is 262 g/mol. The van der Waals surface area contributed by atoms with E-state index < -0.39 is 0 Å². The molecule has 2 aromatic rings. The van der Waals surface area contributed by atoms with E-state index in [0.717, 1.165) is 25.3 Å². The van der Waals surface area contributed by atoms with Gasteiger partial charge < -0.3 is 14.6 Å². The van der Waals surface area contributed by atoms with Crippen LogP contribution in [0.1, 0.15) is 38.4 Å². The molecule has 4 heteroatoms. The quantitative estimate of drug-likeness (QED) is 0.811. The van der Waals surface area contributed by atoms with Crippen molar-refractivity contribution in [2.45, 2.75) is 39.0 Å². The first kappa shape index (κ1) is 13.5. The lowest BCUT2D eigenvalue weighted by atomic mass is 10.1. The molecule has 102 valence electrons. The van der Waals surface area contributed by atoms with Gasteiger partial charge in [-0.1, -0.05) is 26.2 Å². The zero-order valence-electron chi connectivity index (χ0n) is 11.0. The molecule has 0 bridgehead atoms. The number of hydrogen-bond acceptors (Lipinski definition) is 4. The molecule has 1 aromatic carbocycles. The Morgan fingerprint density at radius 2 is 1.89 bits per heavy atom. The molecule has 19 heavy (non-hydrogen) atoms. The minimum absolute atomic E-state index is 0.115. The zero-order chi connectivity index (χ0) is 13.8. The van der Waals surface area contributed by atoms with Crippen molar-refractivity contribution in [1.29, 1.82) is 0 Å². The highest BCUT2D eigenvalue weighted by molar-refractivity contribution is 5.84. The molecule has 4 nitrogen and oxygen atoms in total. The number of phenolic OH excluding ortho intramolecular Hbond substituents is 2. The molecule has 0 amide bonds. The SMILES string of the molecule is CCCCCCc1cc(=O)c2c(O)cc(O)cc2o1. The molecule has 0 saturated carbocycles. The third-order valence-corrected chi connectivity index (χ3v) is 3.12. The number of benzene rings is 1. The summed E-state index contributed by atoms with van der Waals surface area (Å²) >= 11 is 0. The molecular weight excluding hydrogens is 244 g/mol. The number of aryl methyl sites for hydroxylation is 1. The van der Waals surface area contributed by atoms with Crippen LogP contribution in [0.15, 0.2) is 27.4 Å². The minimum Gasteiger partial charge on any atom is -0.508 e. The van der Waals surface area contributed by atoms with Gasteiger partial charge in [-0.3, -0.25) is 4.79 Å². The molecule has 0 atom stereocenters. The predicted octanol–water partition coefficient (Wildman–Crippen LogP) is 3.33. The Labute approximate surface area is 111 Å². The summed E-state index contributed by atoms with van der Waals surface area (Å²) in [5.74, 6) is 0.233. The Morgan fingerprint density at radius 1 is 1.11 bits per heavy atom. The molecule has 0 aliphatic heterocycles. The van der Waals surface area contributed by atoms with E-state index in [-0.39, 0.29) is 27.9 Å². The Hall–Kier alpha value is -1.97. The van der Waals surface area contributed by atoms with Crippen molar-refractivity contribution < 1.29 is 14.6 Å². The van der Waals surface area contributed by atoms with Gasteiger partial charge in [-0.05, 0) is 6.42 Å². The molecule has 2 N–H and O–H groups in total. The summed E-state index contributed by atoms with van der Waals surface area (Å²) in [4.78, 5) is 11.9. The maximum Gasteiger partial charge on any atom is 0.196 e. The van der Waals surface area contributed by atoms with Crippen LogP contribution in [0.3, 0.4) is 0 Å². The van der Waals surface area contributed by atoms with Gasteiger partial charge in [-0.2, -0.15) is 0 Å². The first-order chi connectivity index (χ1) is 9.11. The van der Waals surface area contributed by atoms with E-state index in [9.17, 15) is 15.0 Å². The first-order valence-electron chi connectivity index (χ1n) is 6.60. The standard InChI is InChI=1S/C15H18O4/c1-2-3-4-5-6-11-9-13(18)15-12(17)7-10(16)8-14(15)19-11/h7-9,16-17H,2-6H2,1H3. The summed E-state index contributed by atoms with van der Waals surface area (Å²) in [6.45, 7) is 2.14. The van der Waals surface area contributed by atoms with Crippen molar-refractivity contribution >= 4 is 11.0 Å². The average Bonchev–Trinajstić information content (AvgIpc) is 2.33. The van der Waals surface area contributed by atoms with Gasteiger partial charge in [-0.15, -0.1) is 0 Å². The molecule has 0 fully saturated rings. The Morgan fingerprint density at radius 3 is 2.63 bits per heavy atom. The molecule has 0 aliphatic rings. The number of unbranched alkanes of at least 4 members (excludes halogenated alkanes) is 3. The fourth-order valence-corrected chi connectivity index (χ4v) is 2.15. The van der Waals surface area contributed by atoms with Crippen molar-refractivity contribution in [2.75, 3.05) is 0 Å². The van der Waals surface area contributed by atoms with E-state index in [2.05, 4.69) is 6.92 Å². The molecule has 0 saturated heterocycles. The lowest BCUT2D eigenvalue weighted by molar-refractivity contribution is 0.449. The van der Waals surface area contributed by atoms with Gasteiger partial charge in [0, 0.05) is 24.6 Å². The van der Waals surface area contributed by atoms with Gasteiger partial charge >= 0.3 is 0 Å². The lowest BCUT2D eigenvalue weighted by Crippen LogP contribution is -2.02. The maximum atomic E-state index is 11.9. The summed E-state index contributed by atoms with van der Waals surface area (Å²) in [7, 11) is 0. The highest BCUT2D eigenvalue weighted by atomic mass is 16.3. The number of hydrogen-bond donors (Lipinski definition) is 2. The zero-order valence-corrected chi connectivity index (χ0v) is 11.0. The molecule has 2 rings (SSSR count). The molecule has 0 spiro atoms. The summed E-state index contributed by atoms with van der Waals surface area (Å²) in [5, 5.41) is 19.2. The van der Waals surface area contributed by atoms with Gasteiger partial charge in [0.05, 0.1) is 0 Å². The smallest absolute Gasteiger partial charge is 0.196 e. The second kappa shape index (κ2) is 5.78. The molecule has 0 radical (unpaired) electrons. The third-order valence-electron chi connectivity index (χ3n) is 3.12. The molecule has 1 heterocycles. The fourth-order valence-electron chi connectivity index (χ4n) is 2.15. The maximum absolute atomic E-state index is 11.9. The summed E-state index contributed by atoms with van der Waals surface area (Å²) in [5.41, 5.74) is -0.0419. The monoisotopic (exact) mass is 262 g/mol. The van der Waals surface area contributed by atoms with Crippen LogP contribution in [0.4, 0.5) is 0 Å². The van der Waals surface area contributed by atoms with Crippen LogP contribution in [0.2, 0.25) is 0 Å². The highest BCUT2D eigenvalue weighted by Gasteiger charge is 2.10. The second-order valence-electron chi connectivity index (χ2n) is 4.73. The summed E-state index contributed by atoms with van der Waals surface area (Å²) < 4.78 is 5.56. The minimum atomic E-state index is -0.274. The predicted molar refractivity (Wildman–Crippen MR) is 73.7 cm³/mol. The van der Waals surface area contributed by atoms with Crippen molar-refractivity contribution in [3.63, 3.8) is 0 Å². The van der Waals surface area contributed by atoms with Gasteiger partial charge in [0.1, 0.15) is 28.2 Å². The van der Waals surface area contributed by atoms with Crippen LogP contribution < -0.4 is 5.43 Å². The van der Waals surface area contributed by atoms with Crippen molar-refractivity contribution in [3.05, 3.63) is 34.2 Å². The van der Waals surface area contributed by atoms with Gasteiger partial charge in [0.2, 0.25) is 0 Å². The number of fused-ring (bicyclic) bond motifs is 1. The number of aromatic hydroxyl groups is 2. The van der Waals surface area contributed by atoms with Crippen LogP contribution in [-0.4, -0.2) is 10.2 Å². The molecule has 0 unspecified atom stereocenters. The van der Waals surface area contributed by atoms with Gasteiger partial charge in [-0.25, -0.2) is 0 Å². The lowest BCUT2D eigenvalue weighted by Gasteiger charge is -2.05. The number of phenols is 2. The van der Waals surface area contributed by atoms with Crippen molar-refractivity contribution in [1.82, 2.24) is 0 Å². The van der Waals surface area contributed by atoms with E-state index in [0.29, 0.717) is 12.2 Å². The number of rotatable bonds is 5. The Kier molecular flexibility index (Phi) is 4.10. The normalized spacial score (nSPS) is 11.0. The highest BCUT2D eigenvalue weighted by Crippen LogP contribution is 2.28. The second-order valence-corrected chi connectivity index (χ2v) is 4.73. The topological polar surface area (TPSA) is 70.7 Å². The fraction of sp³-hybridized carbons (Fsp3) is 0.400. The molecular formula is C15H18O4. The van der Waals surface area contributed by atoms with Gasteiger partial charge in [0.15, 0.2) is 5.43 Å². The van der Waals surface area contributed by atoms with E-state index in [1.807, 2.05) is 0 Å². The summed E-state index contributed by atoms with van der Waals surface area (Å²) in [6.07, 6.45) is 5.08. The van der Waals surface area contributed by atoms with Crippen molar-refractivity contribution in [3.8, 4) is 11.5 Å². The Balaban J connectivity index is 2.31. The summed E-state index contributed by atoms with van der Waals surface area (Å²) in [6, 6.07) is 3.91. The van der Waals surface area contributed by atoms with Crippen molar-refractivity contribution in [2.24, 2.45) is 0 Å². The van der Waals surface area contributed by atoms with Gasteiger partial charge in [0.25, 0.3) is 0 Å². The van der Waals surface area contributed by atoms with Crippen LogP contribution >= 0.6 is 0 Å². The van der Waals surface area contributed by atoms with E-state index in [1.54, 1.807) is 0 Å². The Bertz CT molecular complexity index is 628. The van der Waals surface area contributed by atoms with Crippen LogP contribution in [0, 0.1) is 0 Å². The van der Waals surface area contributed by atoms with E-state index in [4.69, 9.17) is 4.42 Å². The van der Waals surface area contributed by atoms with Crippen LogP contribution in [0.25, 0.3) is 11.0 Å².